The zero-order valence-corrected chi connectivity index (χ0v) is 14.9. The Morgan fingerprint density at radius 3 is 2.67 bits per heavy atom. The van der Waals surface area contributed by atoms with Crippen LogP contribution in [0.2, 0.25) is 0 Å². The zero-order chi connectivity index (χ0) is 15.6. The molecule has 1 aromatic rings. The first-order valence-electron chi connectivity index (χ1n) is 6.93. The molecule has 4 nitrogen and oxygen atoms in total. The van der Waals surface area contributed by atoms with Crippen molar-refractivity contribution in [2.75, 3.05) is 6.54 Å². The number of hydrogen-bond acceptors (Lipinski definition) is 2. The molecule has 6 heteroatoms. The number of carboxylic acids is 1. The van der Waals surface area contributed by atoms with Gasteiger partial charge in [0.2, 0.25) is 5.91 Å². The van der Waals surface area contributed by atoms with Crippen LogP contribution in [0.25, 0.3) is 0 Å². The van der Waals surface area contributed by atoms with Crippen molar-refractivity contribution in [1.29, 1.82) is 0 Å². The number of halogens is 2. The molecule has 1 amide bonds. The van der Waals surface area contributed by atoms with Gasteiger partial charge >= 0.3 is 5.97 Å². The highest BCUT2D eigenvalue weighted by atomic mass is 79.9. The molecule has 0 bridgehead atoms. The van der Waals surface area contributed by atoms with E-state index in [0.29, 0.717) is 25.8 Å². The highest BCUT2D eigenvalue weighted by Gasteiger charge is 2.38. The van der Waals surface area contributed by atoms with Gasteiger partial charge in [-0.3, -0.25) is 9.59 Å². The maximum Gasteiger partial charge on any atom is 0.308 e. The van der Waals surface area contributed by atoms with E-state index in [1.807, 2.05) is 25.1 Å². The molecule has 1 fully saturated rings. The van der Waals surface area contributed by atoms with Crippen molar-refractivity contribution in [3.8, 4) is 0 Å². The Balaban J connectivity index is 2.50. The summed E-state index contributed by atoms with van der Waals surface area (Å²) in [6.45, 7) is 2.41. The summed E-state index contributed by atoms with van der Waals surface area (Å²) >= 11 is 6.86. The minimum Gasteiger partial charge on any atom is -0.481 e. The Labute approximate surface area is 140 Å². The highest BCUT2D eigenvalue weighted by molar-refractivity contribution is 9.13. The molecule has 0 aromatic heterocycles. The monoisotopic (exact) mass is 417 g/mol. The average Bonchev–Trinajstić information content (AvgIpc) is 2.60. The second-order valence-corrected chi connectivity index (χ2v) is 6.84. The molecule has 1 aromatic carbocycles. The predicted molar refractivity (Wildman–Crippen MR) is 86.9 cm³/mol. The first kappa shape index (κ1) is 16.5. The Hall–Kier alpha value is -0.880. The van der Waals surface area contributed by atoms with E-state index < -0.39 is 17.9 Å². The first-order chi connectivity index (χ1) is 9.95. The van der Waals surface area contributed by atoms with Gasteiger partial charge in [-0.1, -0.05) is 6.07 Å². The predicted octanol–water partition coefficient (Wildman–Crippen LogP) is 3.99. The Kier molecular flexibility index (Phi) is 5.43. The molecule has 0 aliphatic carbocycles. The summed E-state index contributed by atoms with van der Waals surface area (Å²) in [5.74, 6) is -1.37. The van der Waals surface area contributed by atoms with Crippen molar-refractivity contribution < 1.29 is 14.7 Å². The lowest BCUT2D eigenvalue weighted by Gasteiger charge is -2.33. The van der Waals surface area contributed by atoms with E-state index in [9.17, 15) is 14.7 Å². The number of likely N-dealkylation sites (tertiary alicyclic amines) is 1. The summed E-state index contributed by atoms with van der Waals surface area (Å²) in [5, 5.41) is 9.56. The molecule has 1 N–H and O–H groups in total. The van der Waals surface area contributed by atoms with E-state index in [4.69, 9.17) is 0 Å². The van der Waals surface area contributed by atoms with Gasteiger partial charge in [-0.25, -0.2) is 0 Å². The number of aliphatic carboxylic acids is 1. The van der Waals surface area contributed by atoms with Gasteiger partial charge in [0.05, 0.1) is 12.0 Å². The SMILES string of the molecule is CCN1C(=O)CCCC(C(=O)O)C1c1ccc(Br)c(Br)c1. The van der Waals surface area contributed by atoms with Gasteiger partial charge < -0.3 is 10.0 Å². The molecule has 0 radical (unpaired) electrons. The summed E-state index contributed by atoms with van der Waals surface area (Å²) in [4.78, 5) is 25.6. The van der Waals surface area contributed by atoms with Gasteiger partial charge in [0.15, 0.2) is 0 Å². The molecule has 114 valence electrons. The summed E-state index contributed by atoms with van der Waals surface area (Å²) < 4.78 is 1.76. The summed E-state index contributed by atoms with van der Waals surface area (Å²) in [6.07, 6.45) is 1.57. The second kappa shape index (κ2) is 6.92. The minimum absolute atomic E-state index is 0.0327. The van der Waals surface area contributed by atoms with Crippen molar-refractivity contribution in [1.82, 2.24) is 4.90 Å². The standard InChI is InChI=1S/C15H17Br2NO3/c1-2-18-13(19)5-3-4-10(15(20)21)14(18)9-6-7-11(16)12(17)8-9/h6-8,10,14H,2-5H2,1H3,(H,20,21). The van der Waals surface area contributed by atoms with Crippen molar-refractivity contribution in [3.63, 3.8) is 0 Å². The van der Waals surface area contributed by atoms with E-state index in [1.54, 1.807) is 4.90 Å². The lowest BCUT2D eigenvalue weighted by atomic mass is 9.89. The average molecular weight is 419 g/mol. The summed E-state index contributed by atoms with van der Waals surface area (Å²) in [6, 6.07) is 5.25. The van der Waals surface area contributed by atoms with Crippen LogP contribution in [0.15, 0.2) is 27.1 Å². The number of amides is 1. The van der Waals surface area contributed by atoms with Gasteiger partial charge in [0, 0.05) is 21.9 Å². The lowest BCUT2D eigenvalue weighted by molar-refractivity contribution is -0.146. The number of rotatable bonds is 3. The fraction of sp³-hybridized carbons (Fsp3) is 0.467. The number of hydrogen-bond donors (Lipinski definition) is 1. The van der Waals surface area contributed by atoms with Crippen molar-refractivity contribution in [3.05, 3.63) is 32.7 Å². The number of nitrogens with zero attached hydrogens (tertiary/aromatic N) is 1. The Morgan fingerprint density at radius 2 is 2.10 bits per heavy atom. The summed E-state index contributed by atoms with van der Waals surface area (Å²) in [7, 11) is 0. The van der Waals surface area contributed by atoms with Crippen LogP contribution in [0.5, 0.6) is 0 Å². The molecule has 2 atom stereocenters. The zero-order valence-electron chi connectivity index (χ0n) is 11.7. The number of benzene rings is 1. The minimum atomic E-state index is -0.841. The molecule has 2 unspecified atom stereocenters. The fourth-order valence-corrected chi connectivity index (χ4v) is 3.53. The molecule has 1 heterocycles. The smallest absolute Gasteiger partial charge is 0.308 e. The Morgan fingerprint density at radius 1 is 1.38 bits per heavy atom. The van der Waals surface area contributed by atoms with Gasteiger partial charge in [0.1, 0.15) is 0 Å². The summed E-state index contributed by atoms with van der Waals surface area (Å²) in [5.41, 5.74) is 0.856. The van der Waals surface area contributed by atoms with Crippen LogP contribution >= 0.6 is 31.9 Å². The molecule has 0 spiro atoms. The second-order valence-electron chi connectivity index (χ2n) is 5.14. The molecule has 1 saturated heterocycles. The van der Waals surface area contributed by atoms with E-state index in [2.05, 4.69) is 31.9 Å². The molecule has 0 saturated carbocycles. The molecular weight excluding hydrogens is 402 g/mol. The third-order valence-electron chi connectivity index (χ3n) is 3.89. The maximum atomic E-state index is 12.3. The van der Waals surface area contributed by atoms with Crippen LogP contribution in [-0.4, -0.2) is 28.4 Å². The third-order valence-corrected chi connectivity index (χ3v) is 5.77. The number of carboxylic acid groups (broad SMARTS) is 1. The van der Waals surface area contributed by atoms with Crippen LogP contribution in [-0.2, 0) is 9.59 Å². The van der Waals surface area contributed by atoms with Crippen LogP contribution in [0, 0.1) is 5.92 Å². The largest absolute Gasteiger partial charge is 0.481 e. The molecule has 21 heavy (non-hydrogen) atoms. The maximum absolute atomic E-state index is 12.3. The van der Waals surface area contributed by atoms with Crippen molar-refractivity contribution in [2.24, 2.45) is 5.92 Å². The topological polar surface area (TPSA) is 57.6 Å². The number of carbonyl (C=O) groups excluding carboxylic acids is 1. The van der Waals surface area contributed by atoms with Gasteiger partial charge in [-0.15, -0.1) is 0 Å². The fourth-order valence-electron chi connectivity index (χ4n) is 2.89. The van der Waals surface area contributed by atoms with Crippen LogP contribution < -0.4 is 0 Å². The van der Waals surface area contributed by atoms with Crippen LogP contribution in [0.4, 0.5) is 0 Å². The Bertz CT molecular complexity index is 560. The van der Waals surface area contributed by atoms with Crippen molar-refractivity contribution in [2.45, 2.75) is 32.2 Å². The highest BCUT2D eigenvalue weighted by Crippen LogP contribution is 2.38. The van der Waals surface area contributed by atoms with Gasteiger partial charge in [-0.2, -0.15) is 0 Å². The first-order valence-corrected chi connectivity index (χ1v) is 8.51. The van der Waals surface area contributed by atoms with E-state index >= 15 is 0 Å². The lowest BCUT2D eigenvalue weighted by Crippen LogP contribution is -2.38. The van der Waals surface area contributed by atoms with Crippen LogP contribution in [0.3, 0.4) is 0 Å². The molecular formula is C15H17Br2NO3. The van der Waals surface area contributed by atoms with Crippen molar-refractivity contribution >= 4 is 43.7 Å². The van der Waals surface area contributed by atoms with E-state index in [0.717, 1.165) is 14.5 Å². The van der Waals surface area contributed by atoms with E-state index in [-0.39, 0.29) is 5.91 Å². The van der Waals surface area contributed by atoms with Gasteiger partial charge in [-0.05, 0) is 69.3 Å². The number of carbonyl (C=O) groups is 2. The molecule has 2 rings (SSSR count). The molecule has 1 aliphatic rings. The normalized spacial score (nSPS) is 23.0. The third kappa shape index (κ3) is 3.48. The van der Waals surface area contributed by atoms with Crippen LogP contribution in [0.1, 0.15) is 37.8 Å². The van der Waals surface area contributed by atoms with E-state index in [1.165, 1.54) is 0 Å². The van der Waals surface area contributed by atoms with Gasteiger partial charge in [0.25, 0.3) is 0 Å². The molecule has 1 aliphatic heterocycles. The quantitative estimate of drug-likeness (QED) is 0.807.